The topological polar surface area (TPSA) is 79.5 Å². The minimum Gasteiger partial charge on any atom is -0.455 e. The Balaban J connectivity index is 0.858. The number of hydrogen-bond acceptors (Lipinski definition) is 8. The van der Waals surface area contributed by atoms with Crippen molar-refractivity contribution in [3.8, 4) is 136 Å². The van der Waals surface area contributed by atoms with Gasteiger partial charge in [-0.15, -0.1) is 34.0 Å². The third-order valence-corrected chi connectivity index (χ3v) is 21.6. The lowest BCUT2D eigenvalue weighted by molar-refractivity contribution is 0.671. The molecule has 95 heavy (non-hydrogen) atoms. The van der Waals surface area contributed by atoms with Crippen molar-refractivity contribution in [2.45, 2.75) is 0 Å². The lowest BCUT2D eigenvalue weighted by Crippen LogP contribution is -1.96. The van der Waals surface area contributed by atoms with Crippen LogP contribution in [0.15, 0.2) is 302 Å². The molecule has 0 N–H and O–H groups in total. The first kappa shape index (κ1) is 56.2. The van der Waals surface area contributed by atoms with E-state index in [1.54, 1.807) is 34.0 Å². The van der Waals surface area contributed by atoms with Crippen molar-refractivity contribution in [1.82, 2.24) is 33.6 Å². The quantitative estimate of drug-likeness (QED) is 0.115. The third kappa shape index (κ3) is 9.95. The Morgan fingerprint density at radius 1 is 0.284 bits per heavy atom. The second kappa shape index (κ2) is 23.2. The largest absolute Gasteiger partial charge is 0.455 e. The second-order valence-corrected chi connectivity index (χ2v) is 27.1. The average Bonchev–Trinajstić information content (AvgIpc) is 1.57. The highest BCUT2D eigenvalue weighted by Crippen LogP contribution is 2.49. The Kier molecular flexibility index (Phi) is 13.7. The zero-order valence-corrected chi connectivity index (χ0v) is 54.0. The van der Waals surface area contributed by atoms with Crippen LogP contribution in [-0.2, 0) is 14.1 Å². The summed E-state index contributed by atoms with van der Waals surface area (Å²) >= 11 is 5.16. The molecule has 0 radical (unpaired) electrons. The molecule has 11 aromatic carbocycles. The second-order valence-electron chi connectivity index (χ2n) is 23.9. The summed E-state index contributed by atoms with van der Waals surface area (Å²) in [6, 6.07) is 97.7. The SMILES string of the molecule is Cn1c(-c2ccccc2)cnc1-c1cccc(-c2ccc3c(c2)c2cc(-c4cccc(-c5ncc(-c6ccccc6)n5C)c4)ccc2n3-c2cc(-c3ncc(-c4ccccc4)s3)c3oc4c(-c5ccc(-c6ccccc6)s5)cc(-c5ncc(-c6ccccc6)s5)cc4c3c2)c1. The average molecular weight is 1270 g/mol. The first-order valence-electron chi connectivity index (χ1n) is 31.6. The number of furan rings is 1. The molecule has 0 aliphatic heterocycles. The summed E-state index contributed by atoms with van der Waals surface area (Å²) in [5.41, 5.74) is 21.9. The van der Waals surface area contributed by atoms with E-state index in [1.807, 2.05) is 36.9 Å². The van der Waals surface area contributed by atoms with Crippen molar-refractivity contribution in [3.05, 3.63) is 298 Å². The number of aromatic nitrogens is 7. The number of rotatable bonds is 13. The number of benzene rings is 11. The van der Waals surface area contributed by atoms with Gasteiger partial charge in [0.15, 0.2) is 0 Å². The van der Waals surface area contributed by atoms with E-state index >= 15 is 0 Å². The molecular weight excluding hydrogens is 1220 g/mol. The van der Waals surface area contributed by atoms with E-state index in [-0.39, 0.29) is 0 Å². The number of hydrogen-bond donors (Lipinski definition) is 0. The normalized spacial score (nSPS) is 11.7. The van der Waals surface area contributed by atoms with E-state index in [2.05, 4.69) is 289 Å². The van der Waals surface area contributed by atoms with Crippen LogP contribution in [0.1, 0.15) is 0 Å². The first-order valence-corrected chi connectivity index (χ1v) is 34.0. The van der Waals surface area contributed by atoms with Gasteiger partial charge in [-0.1, -0.05) is 200 Å². The predicted octanol–water partition coefficient (Wildman–Crippen LogP) is 23.1. The van der Waals surface area contributed by atoms with Gasteiger partial charge >= 0.3 is 0 Å². The van der Waals surface area contributed by atoms with Crippen LogP contribution >= 0.6 is 34.0 Å². The Labute approximate surface area is 559 Å². The molecule has 0 saturated carbocycles. The fraction of sp³-hybridized carbons (Fsp3) is 0.0238. The van der Waals surface area contributed by atoms with Crippen molar-refractivity contribution in [3.63, 3.8) is 0 Å². The van der Waals surface area contributed by atoms with Gasteiger partial charge in [-0.2, -0.15) is 0 Å². The Bertz CT molecular complexity index is 5750. The summed E-state index contributed by atoms with van der Waals surface area (Å²) in [5, 5.41) is 6.02. The van der Waals surface area contributed by atoms with Crippen molar-refractivity contribution in [2.24, 2.45) is 14.1 Å². The van der Waals surface area contributed by atoms with Crippen LogP contribution in [0.25, 0.3) is 180 Å². The maximum absolute atomic E-state index is 7.48. The highest BCUT2D eigenvalue weighted by Gasteiger charge is 2.25. The van der Waals surface area contributed by atoms with Crippen molar-refractivity contribution in [1.29, 1.82) is 0 Å². The Hall–Kier alpha value is -11.6. The molecule has 0 aliphatic rings. The Morgan fingerprint density at radius 3 is 1.24 bits per heavy atom. The van der Waals surface area contributed by atoms with Gasteiger partial charge in [0.05, 0.1) is 50.1 Å². The van der Waals surface area contributed by atoms with Crippen molar-refractivity contribution < 1.29 is 4.42 Å². The van der Waals surface area contributed by atoms with Gasteiger partial charge in [-0.25, -0.2) is 19.9 Å². The van der Waals surface area contributed by atoms with Crippen LogP contribution in [0.4, 0.5) is 0 Å². The Morgan fingerprint density at radius 2 is 0.705 bits per heavy atom. The zero-order valence-electron chi connectivity index (χ0n) is 51.6. The van der Waals surface area contributed by atoms with E-state index in [0.717, 1.165) is 169 Å². The number of thiophene rings is 1. The molecule has 18 aromatic rings. The number of thiazole rings is 2. The molecule has 7 heterocycles. The van der Waals surface area contributed by atoms with Gasteiger partial charge in [-0.05, 0) is 123 Å². The van der Waals surface area contributed by atoms with Crippen LogP contribution in [0, 0.1) is 0 Å². The molecule has 0 unspecified atom stereocenters. The first-order chi connectivity index (χ1) is 46.9. The summed E-state index contributed by atoms with van der Waals surface area (Å²) < 4.78 is 14.3. The fourth-order valence-corrected chi connectivity index (χ4v) is 16.4. The molecule has 8 nitrogen and oxygen atoms in total. The fourth-order valence-electron chi connectivity index (χ4n) is 13.5. The molecule has 0 atom stereocenters. The van der Waals surface area contributed by atoms with Gasteiger partial charge in [-0.3, -0.25) is 0 Å². The predicted molar refractivity (Wildman–Crippen MR) is 396 cm³/mol. The van der Waals surface area contributed by atoms with E-state index in [4.69, 9.17) is 24.4 Å². The smallest absolute Gasteiger partial charge is 0.145 e. The maximum Gasteiger partial charge on any atom is 0.145 e. The van der Waals surface area contributed by atoms with Gasteiger partial charge < -0.3 is 18.1 Å². The summed E-state index contributed by atoms with van der Waals surface area (Å²) in [4.78, 5) is 24.9. The van der Waals surface area contributed by atoms with E-state index in [9.17, 15) is 0 Å². The third-order valence-electron chi connectivity index (χ3n) is 18.2. The summed E-state index contributed by atoms with van der Waals surface area (Å²) in [6.45, 7) is 0. The molecular formula is C84H55N7OS3. The van der Waals surface area contributed by atoms with Crippen molar-refractivity contribution in [2.75, 3.05) is 0 Å². The molecule has 450 valence electrons. The van der Waals surface area contributed by atoms with Gasteiger partial charge in [0.2, 0.25) is 0 Å². The number of fused-ring (bicyclic) bond motifs is 6. The van der Waals surface area contributed by atoms with Gasteiger partial charge in [0.1, 0.15) is 32.8 Å². The van der Waals surface area contributed by atoms with E-state index in [1.165, 1.54) is 10.4 Å². The van der Waals surface area contributed by atoms with Crippen LogP contribution in [-0.4, -0.2) is 33.6 Å². The summed E-state index contributed by atoms with van der Waals surface area (Å²) in [7, 11) is 4.20. The number of nitrogens with zero attached hydrogens (tertiary/aromatic N) is 7. The molecule has 0 amide bonds. The molecule has 0 bridgehead atoms. The standard InChI is InChI=1S/C84H55N7OS3/c1-89-73(52-20-8-3-9-21-52)48-85-81(89)61-32-18-30-57(40-61)59-34-36-71-65(42-59)66-43-60(58-31-19-33-62(41-58)82-86-49-74(90(82)2)53-22-10-4-11-23-53)35-37-72(66)91(71)64-46-68-67-44-63(83-87-50-77(94-83)55-26-14-6-15-27-55)45-69(76-39-38-75(93-76)54-24-12-5-13-25-54)79(67)92-80(68)70(47-64)84-88-51-78(95-84)56-28-16-7-17-29-56/h3-51H,1-2H3. The maximum atomic E-state index is 7.48. The summed E-state index contributed by atoms with van der Waals surface area (Å²) in [5.74, 6) is 1.81. The summed E-state index contributed by atoms with van der Waals surface area (Å²) in [6.07, 6.45) is 7.96. The van der Waals surface area contributed by atoms with Crippen molar-refractivity contribution >= 4 is 77.8 Å². The molecule has 0 spiro atoms. The molecule has 0 saturated heterocycles. The highest BCUT2D eigenvalue weighted by atomic mass is 32.1. The lowest BCUT2D eigenvalue weighted by atomic mass is 9.98. The highest BCUT2D eigenvalue weighted by molar-refractivity contribution is 7.19. The zero-order chi connectivity index (χ0) is 63.1. The van der Waals surface area contributed by atoms with Gasteiger partial charge in [0.25, 0.3) is 0 Å². The minimum absolute atomic E-state index is 0.775. The van der Waals surface area contributed by atoms with Crippen LogP contribution in [0.5, 0.6) is 0 Å². The minimum atomic E-state index is 0.775. The number of imidazole rings is 2. The molecule has 11 heteroatoms. The molecule has 7 aromatic heterocycles. The van der Waals surface area contributed by atoms with Crippen LogP contribution < -0.4 is 0 Å². The lowest BCUT2D eigenvalue weighted by Gasteiger charge is -2.12. The molecule has 0 fully saturated rings. The van der Waals surface area contributed by atoms with Crippen LogP contribution in [0.2, 0.25) is 0 Å². The van der Waals surface area contributed by atoms with Gasteiger partial charge in [0, 0.05) is 85.7 Å². The molecule has 0 aliphatic carbocycles. The van der Waals surface area contributed by atoms with Crippen LogP contribution in [0.3, 0.4) is 0 Å². The van der Waals surface area contributed by atoms with E-state index < -0.39 is 0 Å². The monoisotopic (exact) mass is 1270 g/mol. The van der Waals surface area contributed by atoms with E-state index in [0.29, 0.717) is 0 Å². The molecule has 18 rings (SSSR count).